The maximum Gasteiger partial charge on any atom is 0.328 e. The number of barbiturate groups is 1. The molecule has 3 saturated heterocycles. The number of esters is 1. The molecule has 4 aliphatic heterocycles. The number of rotatable bonds is 3. The number of carbonyl (C=O) groups is 4. The van der Waals surface area contributed by atoms with Crippen LogP contribution in [0.4, 0.5) is 14.9 Å². The predicted molar refractivity (Wildman–Crippen MR) is 118 cm³/mol. The summed E-state index contributed by atoms with van der Waals surface area (Å²) >= 11 is 0. The summed E-state index contributed by atoms with van der Waals surface area (Å²) in [5, 5.41) is 8.47. The van der Waals surface area contributed by atoms with E-state index < -0.39 is 47.3 Å². The largest absolute Gasteiger partial charge is 0.471 e. The number of aromatic nitrogens is 1. The van der Waals surface area contributed by atoms with E-state index in [1.165, 1.54) is 0 Å². The first kappa shape index (κ1) is 22.7. The topological polar surface area (TPSA) is 149 Å². The highest BCUT2D eigenvalue weighted by Crippen LogP contribution is 2.49. The summed E-state index contributed by atoms with van der Waals surface area (Å²) < 4.78 is 38.1. The molecule has 36 heavy (non-hydrogen) atoms. The Balaban J connectivity index is 1.46. The molecule has 3 fully saturated rings. The minimum Gasteiger partial charge on any atom is -0.471 e. The summed E-state index contributed by atoms with van der Waals surface area (Å²) in [6, 6.07) is -0.202. The van der Waals surface area contributed by atoms with Gasteiger partial charge < -0.3 is 23.6 Å². The van der Waals surface area contributed by atoms with Crippen molar-refractivity contribution < 1.29 is 42.3 Å². The van der Waals surface area contributed by atoms with Crippen molar-refractivity contribution in [3.63, 3.8) is 0 Å². The lowest BCUT2D eigenvalue weighted by molar-refractivity contribution is -0.153. The third kappa shape index (κ3) is 3.18. The van der Waals surface area contributed by atoms with Gasteiger partial charge in [0, 0.05) is 19.4 Å². The van der Waals surface area contributed by atoms with E-state index in [4.69, 9.17) is 18.7 Å². The van der Waals surface area contributed by atoms with Crippen LogP contribution in [0.2, 0.25) is 0 Å². The summed E-state index contributed by atoms with van der Waals surface area (Å²) in [6.07, 6.45) is -0.799. The number of anilines is 1. The molecule has 4 amide bonds. The third-order valence-electron chi connectivity index (χ3n) is 7.31. The Hall–Kier alpha value is -3.74. The molecule has 13 heteroatoms. The van der Waals surface area contributed by atoms with Gasteiger partial charge in [-0.25, -0.2) is 9.18 Å². The van der Waals surface area contributed by atoms with Crippen molar-refractivity contribution in [3.8, 4) is 5.88 Å². The van der Waals surface area contributed by atoms with E-state index in [0.717, 1.165) is 0 Å². The zero-order chi connectivity index (χ0) is 25.4. The van der Waals surface area contributed by atoms with Gasteiger partial charge in [-0.05, 0) is 37.1 Å². The molecule has 0 saturated carbocycles. The maximum atomic E-state index is 16.0. The van der Waals surface area contributed by atoms with E-state index in [2.05, 4.69) is 15.8 Å². The van der Waals surface area contributed by atoms with Crippen LogP contribution in [0.25, 0.3) is 11.0 Å². The summed E-state index contributed by atoms with van der Waals surface area (Å²) in [6.45, 7) is 3.74. The highest BCUT2D eigenvalue weighted by Gasteiger charge is 2.63. The maximum absolute atomic E-state index is 16.0. The van der Waals surface area contributed by atoms with Gasteiger partial charge >= 0.3 is 12.0 Å². The molecule has 0 radical (unpaired) electrons. The van der Waals surface area contributed by atoms with Crippen LogP contribution < -0.4 is 20.3 Å². The third-order valence-corrected chi connectivity index (χ3v) is 7.31. The number of fused-ring (bicyclic) bond motifs is 5. The second-order valence-corrected chi connectivity index (χ2v) is 9.66. The molecule has 12 nitrogen and oxygen atoms in total. The van der Waals surface area contributed by atoms with Crippen LogP contribution in [0.15, 0.2) is 10.6 Å². The fourth-order valence-electron chi connectivity index (χ4n) is 5.90. The first-order valence-corrected chi connectivity index (χ1v) is 11.7. The standard InChI is InChI=1S/C23H23FN4O8/c1-9-7-28-16-11(6-23(18(28)10(2)34-9)20(30)25-22(32)26-21(23)31)5-13-17(15(16)24)36-27-19(13)33-8-12-3-4-14(29)35-12/h5,9-10,12,18H,3-4,6-8H2,1-2H3,(H2,25,26,30,31,32)/t9-,10+,12-,18-/m1/s1. The van der Waals surface area contributed by atoms with Crippen molar-refractivity contribution in [2.45, 2.75) is 57.5 Å². The first-order chi connectivity index (χ1) is 17.2. The number of imide groups is 2. The number of hydrogen-bond acceptors (Lipinski definition) is 10. The summed E-state index contributed by atoms with van der Waals surface area (Å²) in [5.41, 5.74) is -1.33. The lowest BCUT2D eigenvalue weighted by atomic mass is 9.66. The van der Waals surface area contributed by atoms with Crippen LogP contribution in [0.3, 0.4) is 0 Å². The fraction of sp³-hybridized carbons (Fsp3) is 0.522. The quantitative estimate of drug-likeness (QED) is 0.459. The normalized spacial score (nSPS) is 29.0. The molecule has 1 spiro atoms. The van der Waals surface area contributed by atoms with Gasteiger partial charge in [-0.3, -0.25) is 25.0 Å². The fourth-order valence-corrected chi connectivity index (χ4v) is 5.90. The Morgan fingerprint density at radius 1 is 1.22 bits per heavy atom. The Morgan fingerprint density at radius 3 is 2.67 bits per heavy atom. The van der Waals surface area contributed by atoms with E-state index >= 15 is 4.39 Å². The zero-order valence-corrected chi connectivity index (χ0v) is 19.5. The molecule has 0 aliphatic carbocycles. The zero-order valence-electron chi connectivity index (χ0n) is 19.5. The first-order valence-electron chi connectivity index (χ1n) is 11.7. The SMILES string of the molecule is C[C@@H]1CN2c3c(cc4c(OC[C@H]5CCC(=O)O5)noc4c3F)CC3(C(=O)NC(=O)NC3=O)[C@H]2[C@H](C)O1. The molecule has 0 unspecified atom stereocenters. The average Bonchev–Trinajstić information content (AvgIpc) is 3.41. The number of nitrogens with zero attached hydrogens (tertiary/aromatic N) is 2. The van der Waals surface area contributed by atoms with Crippen molar-refractivity contribution in [2.24, 2.45) is 5.41 Å². The number of halogens is 1. The van der Waals surface area contributed by atoms with E-state index in [0.29, 0.717) is 18.4 Å². The van der Waals surface area contributed by atoms with Crippen molar-refractivity contribution in [1.29, 1.82) is 0 Å². The van der Waals surface area contributed by atoms with Crippen molar-refractivity contribution >= 4 is 40.5 Å². The molecule has 2 aromatic rings. The van der Waals surface area contributed by atoms with Gasteiger partial charge in [-0.2, -0.15) is 0 Å². The van der Waals surface area contributed by atoms with Gasteiger partial charge in [-0.15, -0.1) is 0 Å². The average molecular weight is 502 g/mol. The van der Waals surface area contributed by atoms with Crippen molar-refractivity contribution in [3.05, 3.63) is 17.4 Å². The molecule has 0 bridgehead atoms. The number of benzene rings is 1. The van der Waals surface area contributed by atoms with Crippen LogP contribution in [0.1, 0.15) is 32.3 Å². The minimum atomic E-state index is -1.74. The van der Waals surface area contributed by atoms with E-state index in [1.54, 1.807) is 17.9 Å². The van der Waals surface area contributed by atoms with Gasteiger partial charge in [0.1, 0.15) is 12.7 Å². The number of amides is 4. The molecule has 5 heterocycles. The number of ether oxygens (including phenoxy) is 3. The smallest absolute Gasteiger partial charge is 0.328 e. The lowest BCUT2D eigenvalue weighted by Gasteiger charge is -2.55. The number of morpholine rings is 1. The van der Waals surface area contributed by atoms with Crippen molar-refractivity contribution in [1.82, 2.24) is 15.8 Å². The van der Waals surface area contributed by atoms with Crippen LogP contribution in [-0.4, -0.2) is 66.5 Å². The second-order valence-electron chi connectivity index (χ2n) is 9.66. The Kier molecular flexibility index (Phi) is 4.97. The number of hydrogen-bond donors (Lipinski definition) is 2. The van der Waals surface area contributed by atoms with Crippen molar-refractivity contribution in [2.75, 3.05) is 18.1 Å². The molecule has 2 N–H and O–H groups in total. The number of nitrogens with one attached hydrogen (secondary N) is 2. The second kappa shape index (κ2) is 7.88. The summed E-state index contributed by atoms with van der Waals surface area (Å²) in [7, 11) is 0. The highest BCUT2D eigenvalue weighted by molar-refractivity contribution is 6.20. The Morgan fingerprint density at radius 2 is 1.97 bits per heavy atom. The lowest BCUT2D eigenvalue weighted by Crippen LogP contribution is -2.75. The molecular formula is C23H23FN4O8. The molecule has 190 valence electrons. The monoisotopic (exact) mass is 502 g/mol. The van der Waals surface area contributed by atoms with Gasteiger partial charge in [0.05, 0.1) is 29.3 Å². The summed E-state index contributed by atoms with van der Waals surface area (Å²) in [5.74, 6) is -2.56. The molecule has 4 atom stereocenters. The van der Waals surface area contributed by atoms with E-state index in [1.807, 2.05) is 6.92 Å². The van der Waals surface area contributed by atoms with Gasteiger partial charge in [0.2, 0.25) is 17.4 Å². The molecular weight excluding hydrogens is 479 g/mol. The van der Waals surface area contributed by atoms with Crippen LogP contribution in [0.5, 0.6) is 5.88 Å². The van der Waals surface area contributed by atoms with Crippen LogP contribution in [-0.2, 0) is 30.3 Å². The summed E-state index contributed by atoms with van der Waals surface area (Å²) in [4.78, 5) is 51.4. The highest BCUT2D eigenvalue weighted by atomic mass is 19.1. The molecule has 1 aromatic carbocycles. The Bertz CT molecular complexity index is 1300. The van der Waals surface area contributed by atoms with Gasteiger partial charge in [0.15, 0.2) is 11.2 Å². The van der Waals surface area contributed by atoms with Gasteiger partial charge in [-0.1, -0.05) is 0 Å². The minimum absolute atomic E-state index is 0.00209. The number of carbonyl (C=O) groups excluding carboxylic acids is 4. The molecule has 4 aliphatic rings. The predicted octanol–water partition coefficient (Wildman–Crippen LogP) is 0.942. The van der Waals surface area contributed by atoms with E-state index in [9.17, 15) is 19.2 Å². The molecule has 6 rings (SSSR count). The van der Waals surface area contributed by atoms with Crippen LogP contribution in [0, 0.1) is 11.2 Å². The van der Waals surface area contributed by atoms with Crippen LogP contribution >= 0.6 is 0 Å². The van der Waals surface area contributed by atoms with Gasteiger partial charge in [0.25, 0.3) is 5.88 Å². The number of urea groups is 1. The molecule has 1 aromatic heterocycles. The van der Waals surface area contributed by atoms with E-state index in [-0.39, 0.29) is 54.2 Å². The number of cyclic esters (lactones) is 1. The Labute approximate surface area is 203 Å².